The molecule has 3 aromatic carbocycles. The number of thiocarbonyl (C=S) groups is 1. The van der Waals surface area contributed by atoms with Gasteiger partial charge >= 0.3 is 0 Å². The Balaban J connectivity index is 1.26. The molecule has 1 heterocycles. The third-order valence-corrected chi connectivity index (χ3v) is 6.35. The summed E-state index contributed by atoms with van der Waals surface area (Å²) in [4.78, 5) is 29.1. The second-order valence-corrected chi connectivity index (χ2v) is 9.63. The van der Waals surface area contributed by atoms with E-state index in [2.05, 4.69) is 15.5 Å². The SMILES string of the molecule is CC(C)C(=O)N1CCN(c2ccc(NC(=S)NC(=O)c3cccc(OCc4ccccc4)c3)cc2)CC1. The zero-order valence-corrected chi connectivity index (χ0v) is 22.0. The zero-order chi connectivity index (χ0) is 26.2. The Morgan fingerprint density at radius 2 is 1.62 bits per heavy atom. The maximum atomic E-state index is 12.7. The Bertz CT molecular complexity index is 1220. The minimum atomic E-state index is -0.312. The van der Waals surface area contributed by atoms with Crippen LogP contribution in [-0.2, 0) is 11.4 Å². The molecule has 3 aromatic rings. The lowest BCUT2D eigenvalue weighted by molar-refractivity contribution is -0.134. The van der Waals surface area contributed by atoms with Gasteiger partial charge in [0.2, 0.25) is 5.91 Å². The second kappa shape index (κ2) is 12.4. The van der Waals surface area contributed by atoms with E-state index in [0.717, 1.165) is 43.1 Å². The van der Waals surface area contributed by atoms with Gasteiger partial charge in [0.15, 0.2) is 5.11 Å². The number of anilines is 2. The minimum absolute atomic E-state index is 0.0261. The van der Waals surface area contributed by atoms with Crippen molar-refractivity contribution in [2.24, 2.45) is 5.92 Å². The van der Waals surface area contributed by atoms with Gasteiger partial charge in [0.25, 0.3) is 5.91 Å². The molecule has 37 heavy (non-hydrogen) atoms. The van der Waals surface area contributed by atoms with Crippen LogP contribution in [0.15, 0.2) is 78.9 Å². The molecule has 2 amide bonds. The standard InChI is InChI=1S/C29H32N4O3S/c1-21(2)28(35)33-17-15-32(16-18-33)25-13-11-24(12-14-25)30-29(37)31-27(34)23-9-6-10-26(19-23)36-20-22-7-4-3-5-8-22/h3-14,19,21H,15-18,20H2,1-2H3,(H2,30,31,34,37). The number of benzene rings is 3. The molecule has 0 bridgehead atoms. The molecule has 0 aliphatic carbocycles. The molecule has 1 saturated heterocycles. The summed E-state index contributed by atoms with van der Waals surface area (Å²) in [7, 11) is 0. The van der Waals surface area contributed by atoms with Crippen molar-refractivity contribution in [3.8, 4) is 5.75 Å². The van der Waals surface area contributed by atoms with Crippen molar-refractivity contribution in [3.05, 3.63) is 90.0 Å². The fraction of sp³-hybridized carbons (Fsp3) is 0.276. The minimum Gasteiger partial charge on any atom is -0.489 e. The molecule has 4 rings (SSSR count). The largest absolute Gasteiger partial charge is 0.489 e. The van der Waals surface area contributed by atoms with Gasteiger partial charge in [-0.2, -0.15) is 0 Å². The van der Waals surface area contributed by atoms with Crippen molar-refractivity contribution in [1.82, 2.24) is 10.2 Å². The van der Waals surface area contributed by atoms with Crippen molar-refractivity contribution >= 4 is 40.5 Å². The molecule has 0 radical (unpaired) electrons. The molecule has 1 aliphatic rings. The smallest absolute Gasteiger partial charge is 0.257 e. The van der Waals surface area contributed by atoms with Crippen LogP contribution in [0, 0.1) is 5.92 Å². The van der Waals surface area contributed by atoms with E-state index < -0.39 is 0 Å². The fourth-order valence-electron chi connectivity index (χ4n) is 4.11. The van der Waals surface area contributed by atoms with Crippen LogP contribution in [0.25, 0.3) is 0 Å². The molecule has 0 spiro atoms. The third kappa shape index (κ3) is 7.30. The number of nitrogens with one attached hydrogen (secondary N) is 2. The van der Waals surface area contributed by atoms with E-state index in [1.54, 1.807) is 18.2 Å². The monoisotopic (exact) mass is 516 g/mol. The Labute approximate surface area is 223 Å². The van der Waals surface area contributed by atoms with Crippen LogP contribution in [0.1, 0.15) is 29.8 Å². The van der Waals surface area contributed by atoms with Crippen LogP contribution in [-0.4, -0.2) is 48.0 Å². The first-order valence-corrected chi connectivity index (χ1v) is 12.8. The second-order valence-electron chi connectivity index (χ2n) is 9.22. The fourth-order valence-corrected chi connectivity index (χ4v) is 4.32. The van der Waals surface area contributed by atoms with Gasteiger partial charge in [0.05, 0.1) is 0 Å². The van der Waals surface area contributed by atoms with Crippen molar-refractivity contribution in [2.75, 3.05) is 36.4 Å². The van der Waals surface area contributed by atoms with E-state index >= 15 is 0 Å². The lowest BCUT2D eigenvalue weighted by Gasteiger charge is -2.37. The van der Waals surface area contributed by atoms with Crippen molar-refractivity contribution in [2.45, 2.75) is 20.5 Å². The summed E-state index contributed by atoms with van der Waals surface area (Å²) in [5.74, 6) is 0.535. The molecule has 1 aliphatic heterocycles. The molecule has 0 saturated carbocycles. The average Bonchev–Trinajstić information content (AvgIpc) is 2.92. The molecule has 1 fully saturated rings. The van der Waals surface area contributed by atoms with Crippen LogP contribution in [0.2, 0.25) is 0 Å². The Morgan fingerprint density at radius 1 is 0.919 bits per heavy atom. The molecule has 7 nitrogen and oxygen atoms in total. The van der Waals surface area contributed by atoms with Gasteiger partial charge in [-0.25, -0.2) is 0 Å². The van der Waals surface area contributed by atoms with Gasteiger partial charge in [-0.15, -0.1) is 0 Å². The van der Waals surface area contributed by atoms with Crippen molar-refractivity contribution in [3.63, 3.8) is 0 Å². The van der Waals surface area contributed by atoms with Crippen LogP contribution >= 0.6 is 12.2 Å². The van der Waals surface area contributed by atoms with E-state index in [1.807, 2.05) is 79.4 Å². The Kier molecular flexibility index (Phi) is 8.74. The number of ether oxygens (including phenoxy) is 1. The van der Waals surface area contributed by atoms with Crippen LogP contribution in [0.5, 0.6) is 5.75 Å². The number of hydrogen-bond acceptors (Lipinski definition) is 5. The molecule has 192 valence electrons. The molecular formula is C29H32N4O3S. The summed E-state index contributed by atoms with van der Waals surface area (Å²) >= 11 is 5.35. The number of hydrogen-bond donors (Lipinski definition) is 2. The number of rotatable bonds is 7. The molecule has 0 atom stereocenters. The molecule has 0 aromatic heterocycles. The molecule has 8 heteroatoms. The summed E-state index contributed by atoms with van der Waals surface area (Å²) < 4.78 is 5.82. The van der Waals surface area contributed by atoms with Crippen LogP contribution in [0.4, 0.5) is 11.4 Å². The van der Waals surface area contributed by atoms with Gasteiger partial charge in [-0.05, 0) is 60.2 Å². The molecular weight excluding hydrogens is 484 g/mol. The maximum absolute atomic E-state index is 12.7. The first-order chi connectivity index (χ1) is 17.9. The van der Waals surface area contributed by atoms with Gasteiger partial charge in [0.1, 0.15) is 12.4 Å². The first kappa shape index (κ1) is 26.2. The van der Waals surface area contributed by atoms with Gasteiger partial charge < -0.3 is 19.9 Å². The van der Waals surface area contributed by atoms with Gasteiger partial charge in [-0.1, -0.05) is 50.2 Å². The Morgan fingerprint density at radius 3 is 2.30 bits per heavy atom. The van der Waals surface area contributed by atoms with Crippen LogP contribution in [0.3, 0.4) is 0 Å². The summed E-state index contributed by atoms with van der Waals surface area (Å²) in [6.07, 6.45) is 0. The quantitative estimate of drug-likeness (QED) is 0.444. The van der Waals surface area contributed by atoms with E-state index in [-0.39, 0.29) is 22.8 Å². The highest BCUT2D eigenvalue weighted by atomic mass is 32.1. The van der Waals surface area contributed by atoms with E-state index in [4.69, 9.17) is 17.0 Å². The summed E-state index contributed by atoms with van der Waals surface area (Å²) in [6, 6.07) is 24.8. The zero-order valence-electron chi connectivity index (χ0n) is 21.1. The van der Waals surface area contributed by atoms with Gasteiger partial charge in [0, 0.05) is 49.0 Å². The predicted octanol–water partition coefficient (Wildman–Crippen LogP) is 4.70. The van der Waals surface area contributed by atoms with E-state index in [9.17, 15) is 9.59 Å². The summed E-state index contributed by atoms with van der Waals surface area (Å²) in [6.45, 7) is 7.35. The maximum Gasteiger partial charge on any atom is 0.257 e. The highest BCUT2D eigenvalue weighted by molar-refractivity contribution is 7.80. The third-order valence-electron chi connectivity index (χ3n) is 6.15. The van der Waals surface area contributed by atoms with Crippen LogP contribution < -0.4 is 20.3 Å². The predicted molar refractivity (Wildman–Crippen MR) is 151 cm³/mol. The normalized spacial score (nSPS) is 13.3. The van der Waals surface area contributed by atoms with E-state index in [1.165, 1.54) is 0 Å². The topological polar surface area (TPSA) is 73.9 Å². The number of carbonyl (C=O) groups is 2. The lowest BCUT2D eigenvalue weighted by Crippen LogP contribution is -2.49. The van der Waals surface area contributed by atoms with Crippen molar-refractivity contribution < 1.29 is 14.3 Å². The summed E-state index contributed by atoms with van der Waals surface area (Å²) in [5, 5.41) is 6.01. The van der Waals surface area contributed by atoms with Gasteiger partial charge in [-0.3, -0.25) is 14.9 Å². The number of carbonyl (C=O) groups excluding carboxylic acids is 2. The Hall–Kier alpha value is -3.91. The first-order valence-electron chi connectivity index (χ1n) is 12.4. The lowest BCUT2D eigenvalue weighted by atomic mass is 10.1. The number of nitrogens with zero attached hydrogens (tertiary/aromatic N) is 2. The average molecular weight is 517 g/mol. The highest BCUT2D eigenvalue weighted by Crippen LogP contribution is 2.20. The number of amides is 2. The highest BCUT2D eigenvalue weighted by Gasteiger charge is 2.23. The summed E-state index contributed by atoms with van der Waals surface area (Å²) in [5.41, 5.74) is 3.38. The van der Waals surface area contributed by atoms with Crippen molar-refractivity contribution in [1.29, 1.82) is 0 Å². The number of piperazine rings is 1. The van der Waals surface area contributed by atoms with E-state index in [0.29, 0.717) is 17.9 Å². The molecule has 2 N–H and O–H groups in total. The molecule has 0 unspecified atom stereocenters.